The van der Waals surface area contributed by atoms with E-state index in [9.17, 15) is 0 Å². The Hall–Kier alpha value is -1.52. The first-order valence-corrected chi connectivity index (χ1v) is 9.20. The fourth-order valence-electron chi connectivity index (χ4n) is 2.47. The molecule has 0 aliphatic heterocycles. The number of nitrogens with one attached hydrogen (secondary N) is 1. The van der Waals surface area contributed by atoms with Crippen molar-refractivity contribution in [3.05, 3.63) is 58.1 Å². The van der Waals surface area contributed by atoms with E-state index in [0.29, 0.717) is 6.61 Å². The van der Waals surface area contributed by atoms with Crippen LogP contribution in [0.4, 0.5) is 0 Å². The minimum absolute atomic E-state index is 0.0996. The van der Waals surface area contributed by atoms with Crippen LogP contribution in [0.5, 0.6) is 11.5 Å². The third kappa shape index (κ3) is 5.25. The Bertz CT molecular complexity index is 644. The van der Waals surface area contributed by atoms with Gasteiger partial charge in [-0.1, -0.05) is 30.3 Å². The molecule has 1 atom stereocenters. The molecule has 2 rings (SSSR count). The van der Waals surface area contributed by atoms with E-state index < -0.39 is 0 Å². The lowest BCUT2D eigenvalue weighted by molar-refractivity contribution is 0.222. The molecule has 0 saturated heterocycles. The fourth-order valence-corrected chi connectivity index (χ4v) is 3.05. The Labute approximate surface area is 153 Å². The van der Waals surface area contributed by atoms with Gasteiger partial charge in [-0.15, -0.1) is 0 Å². The van der Waals surface area contributed by atoms with E-state index >= 15 is 0 Å². The number of halogens is 1. The first-order chi connectivity index (χ1) is 11.5. The van der Waals surface area contributed by atoms with E-state index in [0.717, 1.165) is 28.1 Å². The van der Waals surface area contributed by atoms with Crippen LogP contribution in [-0.2, 0) is 6.54 Å². The monoisotopic (exact) mass is 391 g/mol. The minimum atomic E-state index is 0.0996. The number of ether oxygens (including phenoxy) is 2. The van der Waals surface area contributed by atoms with Crippen LogP contribution in [0.2, 0.25) is 0 Å². The maximum absolute atomic E-state index is 5.89. The number of benzene rings is 2. The molecule has 0 unspecified atom stereocenters. The van der Waals surface area contributed by atoms with Crippen LogP contribution in [0, 0.1) is 0 Å². The molecule has 4 heteroatoms. The third-order valence-corrected chi connectivity index (χ3v) is 4.22. The standard InChI is InChI=1S/C20H26BrNO2/c1-5-23-19-12-16(11-18(21)20(19)24-14(2)3)13-22-15(4)17-9-7-6-8-10-17/h6-12,14-15,22H,5,13H2,1-4H3/t15-/m1/s1. The van der Waals surface area contributed by atoms with Gasteiger partial charge in [0.05, 0.1) is 17.2 Å². The molecule has 0 amide bonds. The van der Waals surface area contributed by atoms with Crippen LogP contribution >= 0.6 is 15.9 Å². The molecule has 24 heavy (non-hydrogen) atoms. The van der Waals surface area contributed by atoms with Crippen LogP contribution in [0.1, 0.15) is 44.9 Å². The van der Waals surface area contributed by atoms with Crippen LogP contribution in [0.25, 0.3) is 0 Å². The lowest BCUT2D eigenvalue weighted by Gasteiger charge is -2.19. The zero-order valence-corrected chi connectivity index (χ0v) is 16.4. The van der Waals surface area contributed by atoms with E-state index in [1.807, 2.05) is 26.8 Å². The van der Waals surface area contributed by atoms with E-state index in [1.54, 1.807) is 0 Å². The van der Waals surface area contributed by atoms with Gasteiger partial charge >= 0.3 is 0 Å². The molecule has 0 aliphatic carbocycles. The second-order valence-corrected chi connectivity index (χ2v) is 6.87. The molecule has 0 saturated carbocycles. The average molecular weight is 392 g/mol. The van der Waals surface area contributed by atoms with E-state index in [2.05, 4.69) is 64.6 Å². The Morgan fingerprint density at radius 3 is 2.42 bits per heavy atom. The molecular weight excluding hydrogens is 366 g/mol. The first kappa shape index (κ1) is 18.8. The van der Waals surface area contributed by atoms with Gasteiger partial charge in [0.2, 0.25) is 0 Å². The molecule has 0 radical (unpaired) electrons. The average Bonchev–Trinajstić information content (AvgIpc) is 2.56. The van der Waals surface area contributed by atoms with E-state index in [-0.39, 0.29) is 12.1 Å². The highest BCUT2D eigenvalue weighted by Crippen LogP contribution is 2.37. The zero-order chi connectivity index (χ0) is 17.5. The molecule has 0 spiro atoms. The maximum atomic E-state index is 5.89. The SMILES string of the molecule is CCOc1cc(CN[C@H](C)c2ccccc2)cc(Br)c1OC(C)C. The van der Waals surface area contributed by atoms with Gasteiger partial charge in [0, 0.05) is 12.6 Å². The van der Waals surface area contributed by atoms with Gasteiger partial charge in [0.15, 0.2) is 11.5 Å². The third-order valence-electron chi connectivity index (χ3n) is 3.63. The predicted molar refractivity (Wildman–Crippen MR) is 103 cm³/mol. The summed E-state index contributed by atoms with van der Waals surface area (Å²) in [5.74, 6) is 1.55. The first-order valence-electron chi connectivity index (χ1n) is 8.41. The van der Waals surface area contributed by atoms with Crippen LogP contribution in [0.15, 0.2) is 46.9 Å². The second kappa shape index (κ2) is 9.09. The van der Waals surface area contributed by atoms with E-state index in [1.165, 1.54) is 5.56 Å². The van der Waals surface area contributed by atoms with Crippen molar-refractivity contribution in [3.8, 4) is 11.5 Å². The van der Waals surface area contributed by atoms with Gasteiger partial charge in [-0.3, -0.25) is 0 Å². The van der Waals surface area contributed by atoms with Crippen molar-refractivity contribution in [1.82, 2.24) is 5.32 Å². The number of rotatable bonds is 8. The summed E-state index contributed by atoms with van der Waals surface area (Å²) in [6, 6.07) is 14.9. The zero-order valence-electron chi connectivity index (χ0n) is 14.8. The quantitative estimate of drug-likeness (QED) is 0.645. The van der Waals surface area contributed by atoms with E-state index in [4.69, 9.17) is 9.47 Å². The molecule has 0 aromatic heterocycles. The molecule has 2 aromatic carbocycles. The molecule has 0 aliphatic rings. The van der Waals surface area contributed by atoms with Gasteiger partial charge in [-0.25, -0.2) is 0 Å². The Balaban J connectivity index is 2.12. The maximum Gasteiger partial charge on any atom is 0.175 e. The lowest BCUT2D eigenvalue weighted by Crippen LogP contribution is -2.18. The van der Waals surface area contributed by atoms with Crippen LogP contribution in [-0.4, -0.2) is 12.7 Å². The molecule has 3 nitrogen and oxygen atoms in total. The summed E-state index contributed by atoms with van der Waals surface area (Å²) >= 11 is 3.62. The molecule has 1 N–H and O–H groups in total. The van der Waals surface area contributed by atoms with Gasteiger partial charge in [0.25, 0.3) is 0 Å². The highest BCUT2D eigenvalue weighted by Gasteiger charge is 2.14. The summed E-state index contributed by atoms with van der Waals surface area (Å²) in [6.07, 6.45) is 0.0996. The van der Waals surface area contributed by atoms with Crippen molar-refractivity contribution in [2.45, 2.75) is 46.4 Å². The number of hydrogen-bond acceptors (Lipinski definition) is 3. The lowest BCUT2D eigenvalue weighted by atomic mass is 10.1. The minimum Gasteiger partial charge on any atom is -0.490 e. The van der Waals surface area contributed by atoms with Crippen LogP contribution < -0.4 is 14.8 Å². The Kier molecular flexibility index (Phi) is 7.13. The van der Waals surface area contributed by atoms with Gasteiger partial charge in [-0.05, 0) is 66.9 Å². The summed E-state index contributed by atoms with van der Waals surface area (Å²) in [5, 5.41) is 3.55. The smallest absolute Gasteiger partial charge is 0.175 e. The largest absolute Gasteiger partial charge is 0.490 e. The van der Waals surface area contributed by atoms with Crippen molar-refractivity contribution in [3.63, 3.8) is 0 Å². The highest BCUT2D eigenvalue weighted by molar-refractivity contribution is 9.10. The molecule has 0 bridgehead atoms. The summed E-state index contributed by atoms with van der Waals surface area (Å²) < 4.78 is 12.6. The number of hydrogen-bond donors (Lipinski definition) is 1. The molecule has 0 heterocycles. The summed E-state index contributed by atoms with van der Waals surface area (Å²) in [4.78, 5) is 0. The second-order valence-electron chi connectivity index (χ2n) is 6.02. The molecular formula is C20H26BrNO2. The van der Waals surface area contributed by atoms with Crippen molar-refractivity contribution >= 4 is 15.9 Å². The summed E-state index contributed by atoms with van der Waals surface area (Å²) in [7, 11) is 0. The van der Waals surface area contributed by atoms with Crippen molar-refractivity contribution in [1.29, 1.82) is 0 Å². The fraction of sp³-hybridized carbons (Fsp3) is 0.400. The van der Waals surface area contributed by atoms with Crippen molar-refractivity contribution in [2.75, 3.05) is 6.61 Å². The highest BCUT2D eigenvalue weighted by atomic mass is 79.9. The van der Waals surface area contributed by atoms with Gasteiger partial charge < -0.3 is 14.8 Å². The molecule has 130 valence electrons. The normalized spacial score (nSPS) is 12.2. The predicted octanol–water partition coefficient (Wildman–Crippen LogP) is 5.49. The van der Waals surface area contributed by atoms with Crippen LogP contribution in [0.3, 0.4) is 0 Å². The molecule has 0 fully saturated rings. The molecule has 2 aromatic rings. The summed E-state index contributed by atoms with van der Waals surface area (Å²) in [6.45, 7) is 9.55. The van der Waals surface area contributed by atoms with Crippen molar-refractivity contribution in [2.24, 2.45) is 0 Å². The Morgan fingerprint density at radius 2 is 1.79 bits per heavy atom. The van der Waals surface area contributed by atoms with Gasteiger partial charge in [-0.2, -0.15) is 0 Å². The summed E-state index contributed by atoms with van der Waals surface area (Å²) in [5.41, 5.74) is 2.44. The Morgan fingerprint density at radius 1 is 1.08 bits per heavy atom. The van der Waals surface area contributed by atoms with Gasteiger partial charge in [0.1, 0.15) is 0 Å². The van der Waals surface area contributed by atoms with Crippen molar-refractivity contribution < 1.29 is 9.47 Å². The topological polar surface area (TPSA) is 30.5 Å².